The van der Waals surface area contributed by atoms with Gasteiger partial charge in [-0.25, -0.2) is 10.2 Å². The monoisotopic (exact) mass is 397 g/mol. The number of H-pyrrole nitrogens is 1. The van der Waals surface area contributed by atoms with Crippen molar-refractivity contribution < 1.29 is 4.79 Å². The first-order chi connectivity index (χ1) is 14.1. The van der Waals surface area contributed by atoms with Crippen molar-refractivity contribution in [3.63, 3.8) is 0 Å². The molecule has 1 aromatic carbocycles. The summed E-state index contributed by atoms with van der Waals surface area (Å²) in [6, 6.07) is 9.20. The maximum absolute atomic E-state index is 12.9. The van der Waals surface area contributed by atoms with Crippen LogP contribution in [-0.2, 0) is 11.2 Å². The second-order valence-electron chi connectivity index (χ2n) is 7.79. The molecule has 1 unspecified atom stereocenters. The van der Waals surface area contributed by atoms with Gasteiger partial charge in [0.05, 0.1) is 12.6 Å². The number of nitrogens with zero attached hydrogens (tertiary/aromatic N) is 1. The number of rotatable bonds is 6. The van der Waals surface area contributed by atoms with Crippen LogP contribution in [-0.4, -0.2) is 22.0 Å². The second-order valence-corrected chi connectivity index (χ2v) is 7.79. The molecule has 1 aromatic heterocycles. The van der Waals surface area contributed by atoms with E-state index in [1.165, 1.54) is 11.0 Å². The van der Waals surface area contributed by atoms with Gasteiger partial charge in [-0.05, 0) is 37.8 Å². The van der Waals surface area contributed by atoms with Crippen molar-refractivity contribution in [3.05, 3.63) is 62.4 Å². The highest BCUT2D eigenvalue weighted by molar-refractivity contribution is 5.80. The van der Waals surface area contributed by atoms with Gasteiger partial charge in [-0.15, -0.1) is 0 Å². The Balaban J connectivity index is 1.40. The Kier molecular flexibility index (Phi) is 5.80. The number of anilines is 1. The molecule has 0 saturated heterocycles. The molecule has 1 heterocycles. The molecule has 1 atom stereocenters. The number of carbonyl (C=O) groups excluding carboxylic acids is 1. The third kappa shape index (κ3) is 4.27. The number of nitrogens with one attached hydrogen (secondary N) is 4. The molecule has 4 N–H and O–H groups in total. The summed E-state index contributed by atoms with van der Waals surface area (Å²) in [5, 5.41) is 3.04. The summed E-state index contributed by atoms with van der Waals surface area (Å²) in [5.74, 6) is -0.222. The van der Waals surface area contributed by atoms with Crippen LogP contribution in [0.3, 0.4) is 0 Å². The van der Waals surface area contributed by atoms with Crippen molar-refractivity contribution in [1.29, 1.82) is 0 Å². The largest absolute Gasteiger partial charge is 0.376 e. The third-order valence-electron chi connectivity index (χ3n) is 5.85. The molecule has 2 aliphatic rings. The number of carbonyl (C=O) groups is 1. The van der Waals surface area contributed by atoms with Gasteiger partial charge in [0.1, 0.15) is 0 Å². The average Bonchev–Trinajstić information content (AvgIpc) is 3.15. The number of hydrogen-bond acceptors (Lipinski definition) is 5. The van der Waals surface area contributed by atoms with Gasteiger partial charge in [0.25, 0.3) is 11.5 Å². The van der Waals surface area contributed by atoms with Crippen LogP contribution in [0.2, 0.25) is 0 Å². The number of benzene rings is 1. The smallest absolute Gasteiger partial charge is 0.328 e. The predicted octanol–water partition coefficient (Wildman–Crippen LogP) is 1.76. The lowest BCUT2D eigenvalue weighted by molar-refractivity contribution is -0.120. The van der Waals surface area contributed by atoms with Crippen molar-refractivity contribution in [1.82, 2.24) is 20.4 Å². The topological polar surface area (TPSA) is 108 Å². The first-order valence-electron chi connectivity index (χ1n) is 10.3. The van der Waals surface area contributed by atoms with Crippen LogP contribution in [0.1, 0.15) is 61.9 Å². The molecule has 1 saturated carbocycles. The van der Waals surface area contributed by atoms with Gasteiger partial charge >= 0.3 is 5.69 Å². The number of aromatic nitrogens is 2. The minimum atomic E-state index is -0.341. The van der Waals surface area contributed by atoms with Gasteiger partial charge in [-0.3, -0.25) is 19.6 Å². The zero-order chi connectivity index (χ0) is 20.2. The summed E-state index contributed by atoms with van der Waals surface area (Å²) in [6.45, 7) is 0.121. The second kappa shape index (κ2) is 8.65. The van der Waals surface area contributed by atoms with E-state index >= 15 is 0 Å². The quantitative estimate of drug-likeness (QED) is 0.556. The Morgan fingerprint density at radius 2 is 1.83 bits per heavy atom. The Hall–Kier alpha value is -2.87. The molecule has 8 nitrogen and oxygen atoms in total. The number of aromatic amines is 1. The SMILES string of the molecule is O=C(CNc1ccccc1)NNC1CCc2c1[nH]c(=O)n(C1CCCCC1)c2=O. The number of fused-ring (bicyclic) bond motifs is 1. The fraction of sp³-hybridized carbons (Fsp3) is 0.476. The molecule has 1 fully saturated rings. The summed E-state index contributed by atoms with van der Waals surface area (Å²) in [4.78, 5) is 40.6. The highest BCUT2D eigenvalue weighted by atomic mass is 16.2. The lowest BCUT2D eigenvalue weighted by atomic mass is 9.95. The van der Waals surface area contributed by atoms with Gasteiger partial charge in [-0.2, -0.15) is 0 Å². The third-order valence-corrected chi connectivity index (χ3v) is 5.85. The molecule has 4 rings (SSSR count). The van der Waals surface area contributed by atoms with Crippen LogP contribution in [0.5, 0.6) is 0 Å². The van der Waals surface area contributed by atoms with Crippen molar-refractivity contribution in [2.75, 3.05) is 11.9 Å². The van der Waals surface area contributed by atoms with E-state index in [0.717, 1.165) is 31.4 Å². The molecule has 0 spiro atoms. The van der Waals surface area contributed by atoms with Crippen LogP contribution in [0.25, 0.3) is 0 Å². The number of amides is 1. The lowest BCUT2D eigenvalue weighted by Gasteiger charge is -2.23. The van der Waals surface area contributed by atoms with E-state index in [1.807, 2.05) is 30.3 Å². The Morgan fingerprint density at radius 1 is 1.07 bits per heavy atom. The van der Waals surface area contributed by atoms with E-state index in [-0.39, 0.29) is 35.8 Å². The van der Waals surface area contributed by atoms with E-state index < -0.39 is 0 Å². The molecule has 1 amide bonds. The highest BCUT2D eigenvalue weighted by Crippen LogP contribution is 2.28. The first kappa shape index (κ1) is 19.4. The average molecular weight is 397 g/mol. The number of hydrogen-bond donors (Lipinski definition) is 4. The molecule has 2 aromatic rings. The summed E-state index contributed by atoms with van der Waals surface area (Å²) >= 11 is 0. The Morgan fingerprint density at radius 3 is 2.59 bits per heavy atom. The molecule has 0 bridgehead atoms. The minimum absolute atomic E-state index is 0.000993. The molecular formula is C21H27N5O3. The van der Waals surface area contributed by atoms with Crippen molar-refractivity contribution in [2.24, 2.45) is 0 Å². The number of para-hydroxylation sites is 1. The molecule has 0 radical (unpaired) electrons. The zero-order valence-corrected chi connectivity index (χ0v) is 16.4. The molecular weight excluding hydrogens is 370 g/mol. The minimum Gasteiger partial charge on any atom is -0.376 e. The van der Waals surface area contributed by atoms with Crippen LogP contribution in [0.4, 0.5) is 5.69 Å². The van der Waals surface area contributed by atoms with E-state index in [1.54, 1.807) is 0 Å². The van der Waals surface area contributed by atoms with E-state index in [2.05, 4.69) is 21.2 Å². The van der Waals surface area contributed by atoms with Crippen LogP contribution < -0.4 is 27.4 Å². The van der Waals surface area contributed by atoms with E-state index in [9.17, 15) is 14.4 Å². The zero-order valence-electron chi connectivity index (χ0n) is 16.4. The summed E-state index contributed by atoms with van der Waals surface area (Å²) in [6.07, 6.45) is 6.29. The van der Waals surface area contributed by atoms with Crippen molar-refractivity contribution in [2.45, 2.75) is 57.0 Å². The van der Waals surface area contributed by atoms with Crippen LogP contribution >= 0.6 is 0 Å². The van der Waals surface area contributed by atoms with Gasteiger partial charge in [-0.1, -0.05) is 37.5 Å². The summed E-state index contributed by atoms with van der Waals surface area (Å²) in [5.41, 5.74) is 7.25. The fourth-order valence-electron chi connectivity index (χ4n) is 4.34. The molecule has 2 aliphatic carbocycles. The van der Waals surface area contributed by atoms with Crippen LogP contribution in [0.15, 0.2) is 39.9 Å². The lowest BCUT2D eigenvalue weighted by Crippen LogP contribution is -2.44. The van der Waals surface area contributed by atoms with Crippen LogP contribution in [0, 0.1) is 0 Å². The molecule has 0 aliphatic heterocycles. The number of hydrazine groups is 1. The first-order valence-corrected chi connectivity index (χ1v) is 10.3. The summed E-state index contributed by atoms with van der Waals surface area (Å²) < 4.78 is 1.42. The molecule has 8 heteroatoms. The fourth-order valence-corrected chi connectivity index (χ4v) is 4.34. The van der Waals surface area contributed by atoms with Gasteiger partial charge in [0.2, 0.25) is 0 Å². The molecule has 29 heavy (non-hydrogen) atoms. The Bertz CT molecular complexity index is 976. The Labute approximate surface area is 168 Å². The predicted molar refractivity (Wildman–Crippen MR) is 111 cm³/mol. The standard InChI is InChI=1S/C21H27N5O3/c27-18(13-22-14-7-3-1-4-8-14)25-24-17-12-11-16-19(17)23-21(29)26(20(16)28)15-9-5-2-6-10-15/h1,3-4,7-8,15,17,22,24H,2,5-6,9-13H2,(H,23,29)(H,25,27). The van der Waals surface area contributed by atoms with E-state index in [0.29, 0.717) is 24.1 Å². The summed E-state index contributed by atoms with van der Waals surface area (Å²) in [7, 11) is 0. The molecule has 154 valence electrons. The normalized spacial score (nSPS) is 19.0. The van der Waals surface area contributed by atoms with E-state index in [4.69, 9.17) is 0 Å². The highest BCUT2D eigenvalue weighted by Gasteiger charge is 2.30. The van der Waals surface area contributed by atoms with Gasteiger partial charge in [0.15, 0.2) is 0 Å². The maximum Gasteiger partial charge on any atom is 0.328 e. The van der Waals surface area contributed by atoms with Gasteiger partial charge < -0.3 is 10.3 Å². The van der Waals surface area contributed by atoms with Crippen molar-refractivity contribution in [3.8, 4) is 0 Å². The van der Waals surface area contributed by atoms with Gasteiger partial charge in [0, 0.05) is 23.0 Å². The van der Waals surface area contributed by atoms with Crippen molar-refractivity contribution >= 4 is 11.6 Å². The maximum atomic E-state index is 12.9.